The number of carbonyl (C=O) groups is 1. The maximum Gasteiger partial charge on any atom is 0.322 e. The van der Waals surface area contributed by atoms with Crippen molar-refractivity contribution in [2.24, 2.45) is 0 Å². The molecule has 23 heavy (non-hydrogen) atoms. The molecular formula is C15H19N5O2S. The zero-order chi connectivity index (χ0) is 16.1. The Morgan fingerprint density at radius 3 is 3.09 bits per heavy atom. The molecular weight excluding hydrogens is 314 g/mol. The lowest BCUT2D eigenvalue weighted by Crippen LogP contribution is -2.39. The molecule has 2 amide bonds. The van der Waals surface area contributed by atoms with Gasteiger partial charge >= 0.3 is 6.03 Å². The maximum absolute atomic E-state index is 12.6. The van der Waals surface area contributed by atoms with E-state index in [2.05, 4.69) is 20.5 Å². The van der Waals surface area contributed by atoms with Crippen molar-refractivity contribution in [1.82, 2.24) is 20.1 Å². The first-order chi connectivity index (χ1) is 11.2. The van der Waals surface area contributed by atoms with Gasteiger partial charge in [-0.3, -0.25) is 0 Å². The second kappa shape index (κ2) is 7.47. The zero-order valence-electron chi connectivity index (χ0n) is 12.9. The predicted molar refractivity (Wildman–Crippen MR) is 87.3 cm³/mol. The van der Waals surface area contributed by atoms with Gasteiger partial charge < -0.3 is 15.0 Å². The van der Waals surface area contributed by atoms with Crippen molar-refractivity contribution in [3.8, 4) is 0 Å². The van der Waals surface area contributed by atoms with Crippen LogP contribution in [0.25, 0.3) is 0 Å². The van der Waals surface area contributed by atoms with Gasteiger partial charge in [0.1, 0.15) is 5.01 Å². The van der Waals surface area contributed by atoms with Gasteiger partial charge in [0.2, 0.25) is 0 Å². The van der Waals surface area contributed by atoms with Gasteiger partial charge in [-0.05, 0) is 25.8 Å². The molecule has 1 unspecified atom stereocenters. The summed E-state index contributed by atoms with van der Waals surface area (Å²) in [5.41, 5.74) is 1.60. The fourth-order valence-electron chi connectivity index (χ4n) is 2.46. The molecule has 1 saturated heterocycles. The third-order valence-corrected chi connectivity index (χ3v) is 4.51. The summed E-state index contributed by atoms with van der Waals surface area (Å²) < 4.78 is 5.67. The van der Waals surface area contributed by atoms with Crippen LogP contribution in [0.1, 0.15) is 23.5 Å². The van der Waals surface area contributed by atoms with Gasteiger partial charge in [-0.2, -0.15) is 10.2 Å². The molecule has 2 aromatic rings. The van der Waals surface area contributed by atoms with Crippen LogP contribution in [0.4, 0.5) is 10.5 Å². The number of ether oxygens (including phenoxy) is 1. The van der Waals surface area contributed by atoms with Crippen LogP contribution < -0.4 is 5.32 Å². The van der Waals surface area contributed by atoms with Crippen molar-refractivity contribution in [2.45, 2.75) is 32.4 Å². The molecule has 1 aliphatic rings. The highest BCUT2D eigenvalue weighted by Gasteiger charge is 2.23. The highest BCUT2D eigenvalue weighted by Crippen LogP contribution is 2.18. The summed E-state index contributed by atoms with van der Waals surface area (Å²) in [7, 11) is 0. The molecule has 0 saturated carbocycles. The SMILES string of the molecule is Cc1csc(CN(CC2CCCO2)C(=O)Nc2ccnnc2)n1. The molecule has 8 heteroatoms. The fraction of sp³-hybridized carbons (Fsp3) is 0.467. The van der Waals surface area contributed by atoms with Crippen LogP contribution >= 0.6 is 11.3 Å². The number of hydrogen-bond acceptors (Lipinski definition) is 6. The quantitative estimate of drug-likeness (QED) is 0.909. The van der Waals surface area contributed by atoms with Crippen LogP contribution in [0.3, 0.4) is 0 Å². The number of anilines is 1. The van der Waals surface area contributed by atoms with E-state index in [0.29, 0.717) is 18.8 Å². The van der Waals surface area contributed by atoms with Crippen LogP contribution in [0.15, 0.2) is 23.8 Å². The van der Waals surface area contributed by atoms with E-state index in [0.717, 1.165) is 30.2 Å². The molecule has 3 rings (SSSR count). The Labute approximate surface area is 138 Å². The summed E-state index contributed by atoms with van der Waals surface area (Å²) in [5.74, 6) is 0. The van der Waals surface area contributed by atoms with Gasteiger partial charge in [0.15, 0.2) is 0 Å². The van der Waals surface area contributed by atoms with E-state index in [1.807, 2.05) is 12.3 Å². The van der Waals surface area contributed by atoms with E-state index in [-0.39, 0.29) is 12.1 Å². The van der Waals surface area contributed by atoms with Crippen LogP contribution in [0, 0.1) is 6.92 Å². The number of aromatic nitrogens is 3. The predicted octanol–water partition coefficient (Wildman–Crippen LogP) is 2.45. The average Bonchev–Trinajstić information content (AvgIpc) is 3.19. The van der Waals surface area contributed by atoms with E-state index < -0.39 is 0 Å². The number of hydrogen-bond donors (Lipinski definition) is 1. The van der Waals surface area contributed by atoms with Gasteiger partial charge in [-0.1, -0.05) is 0 Å². The van der Waals surface area contributed by atoms with E-state index in [1.165, 1.54) is 6.20 Å². The van der Waals surface area contributed by atoms with Gasteiger partial charge in [0.05, 0.1) is 30.7 Å². The molecule has 1 aliphatic heterocycles. The summed E-state index contributed by atoms with van der Waals surface area (Å²) in [5, 5.41) is 13.2. The minimum atomic E-state index is -0.179. The minimum absolute atomic E-state index is 0.0948. The number of nitrogens with one attached hydrogen (secondary N) is 1. The molecule has 2 aromatic heterocycles. The maximum atomic E-state index is 12.6. The van der Waals surface area contributed by atoms with Crippen LogP contribution in [-0.4, -0.2) is 45.4 Å². The highest BCUT2D eigenvalue weighted by molar-refractivity contribution is 7.09. The van der Waals surface area contributed by atoms with Gasteiger partial charge in [0.25, 0.3) is 0 Å². The molecule has 0 radical (unpaired) electrons. The Hall–Kier alpha value is -2.06. The topological polar surface area (TPSA) is 80.2 Å². The lowest BCUT2D eigenvalue weighted by atomic mass is 10.2. The number of aryl methyl sites for hydroxylation is 1. The molecule has 1 N–H and O–H groups in total. The molecule has 7 nitrogen and oxygen atoms in total. The Balaban J connectivity index is 1.69. The van der Waals surface area contributed by atoms with Crippen LogP contribution in [-0.2, 0) is 11.3 Å². The normalized spacial score (nSPS) is 17.2. The molecule has 3 heterocycles. The van der Waals surface area contributed by atoms with E-state index >= 15 is 0 Å². The third-order valence-electron chi connectivity index (χ3n) is 3.56. The van der Waals surface area contributed by atoms with Crippen molar-refractivity contribution >= 4 is 23.1 Å². The largest absolute Gasteiger partial charge is 0.376 e. The number of urea groups is 1. The standard InChI is InChI=1S/C15H19N5O2S/c1-11-10-23-14(18-11)9-20(8-13-3-2-6-22-13)15(21)19-12-4-5-16-17-7-12/h4-5,7,10,13H,2-3,6,8-9H2,1H3,(H,16,19,21). The molecule has 122 valence electrons. The third kappa shape index (κ3) is 4.46. The Bertz CT molecular complexity index is 642. The minimum Gasteiger partial charge on any atom is -0.376 e. The molecule has 0 aromatic carbocycles. The lowest BCUT2D eigenvalue weighted by molar-refractivity contribution is 0.0819. The second-order valence-corrected chi connectivity index (χ2v) is 6.40. The van der Waals surface area contributed by atoms with Crippen molar-refractivity contribution in [3.63, 3.8) is 0 Å². The number of nitrogens with zero attached hydrogens (tertiary/aromatic N) is 4. The molecule has 0 spiro atoms. The summed E-state index contributed by atoms with van der Waals surface area (Å²) in [6, 6.07) is 1.53. The van der Waals surface area contributed by atoms with Gasteiger partial charge in [0, 0.05) is 24.2 Å². The van der Waals surface area contributed by atoms with Crippen molar-refractivity contribution < 1.29 is 9.53 Å². The molecule has 1 atom stereocenters. The highest BCUT2D eigenvalue weighted by atomic mass is 32.1. The van der Waals surface area contributed by atoms with Crippen molar-refractivity contribution in [2.75, 3.05) is 18.5 Å². The van der Waals surface area contributed by atoms with Crippen LogP contribution in [0.5, 0.6) is 0 Å². The molecule has 1 fully saturated rings. The number of rotatable bonds is 5. The summed E-state index contributed by atoms with van der Waals surface area (Å²) >= 11 is 1.56. The van der Waals surface area contributed by atoms with Crippen LogP contribution in [0.2, 0.25) is 0 Å². The van der Waals surface area contributed by atoms with Crippen molar-refractivity contribution in [3.05, 3.63) is 34.5 Å². The van der Waals surface area contributed by atoms with Gasteiger partial charge in [-0.15, -0.1) is 11.3 Å². The van der Waals surface area contributed by atoms with E-state index in [1.54, 1.807) is 28.5 Å². The van der Waals surface area contributed by atoms with E-state index in [4.69, 9.17) is 4.74 Å². The number of carbonyl (C=O) groups excluding carboxylic acids is 1. The Morgan fingerprint density at radius 2 is 2.43 bits per heavy atom. The fourth-order valence-corrected chi connectivity index (χ4v) is 3.25. The molecule has 0 aliphatic carbocycles. The summed E-state index contributed by atoms with van der Waals surface area (Å²) in [6.45, 7) is 3.75. The Kier molecular flexibility index (Phi) is 5.14. The first kappa shape index (κ1) is 15.8. The lowest BCUT2D eigenvalue weighted by Gasteiger charge is -2.24. The smallest absolute Gasteiger partial charge is 0.322 e. The Morgan fingerprint density at radius 1 is 1.52 bits per heavy atom. The first-order valence-corrected chi connectivity index (χ1v) is 8.44. The first-order valence-electron chi connectivity index (χ1n) is 7.56. The summed E-state index contributed by atoms with van der Waals surface area (Å²) in [6.07, 6.45) is 5.19. The monoisotopic (exact) mass is 333 g/mol. The number of amides is 2. The molecule has 0 bridgehead atoms. The average molecular weight is 333 g/mol. The number of thiazole rings is 1. The van der Waals surface area contributed by atoms with E-state index in [9.17, 15) is 4.79 Å². The van der Waals surface area contributed by atoms with Gasteiger partial charge in [-0.25, -0.2) is 9.78 Å². The second-order valence-electron chi connectivity index (χ2n) is 5.46. The van der Waals surface area contributed by atoms with Crippen molar-refractivity contribution in [1.29, 1.82) is 0 Å². The summed E-state index contributed by atoms with van der Waals surface area (Å²) in [4.78, 5) is 18.8. The zero-order valence-corrected chi connectivity index (χ0v) is 13.8.